The summed E-state index contributed by atoms with van der Waals surface area (Å²) < 4.78 is 18.1. The molecule has 0 unspecified atom stereocenters. The summed E-state index contributed by atoms with van der Waals surface area (Å²) in [6.45, 7) is 0.0579. The van der Waals surface area contributed by atoms with Crippen molar-refractivity contribution >= 4 is 28.5 Å². The van der Waals surface area contributed by atoms with E-state index in [1.165, 1.54) is 20.0 Å². The van der Waals surface area contributed by atoms with Gasteiger partial charge in [-0.05, 0) is 43.9 Å². The van der Waals surface area contributed by atoms with Gasteiger partial charge in [-0.25, -0.2) is 4.79 Å². The lowest BCUT2D eigenvalue weighted by Crippen LogP contribution is -2.18. The Kier molecular flexibility index (Phi) is 6.11. The van der Waals surface area contributed by atoms with Gasteiger partial charge in [0, 0.05) is 28.9 Å². The Bertz CT molecular complexity index is 1100. The highest BCUT2D eigenvalue weighted by Gasteiger charge is 2.20. The average molecular weight is 422 g/mol. The second-order valence-electron chi connectivity index (χ2n) is 7.62. The fourth-order valence-electron chi connectivity index (χ4n) is 4.04. The van der Waals surface area contributed by atoms with Gasteiger partial charge in [0.05, 0.1) is 25.9 Å². The van der Waals surface area contributed by atoms with Crippen LogP contribution in [0.15, 0.2) is 48.7 Å². The molecule has 7 heteroatoms. The smallest absolute Gasteiger partial charge is 0.340 e. The number of esters is 1. The summed E-state index contributed by atoms with van der Waals surface area (Å²) in [4.78, 5) is 24.9. The van der Waals surface area contributed by atoms with E-state index in [0.29, 0.717) is 22.7 Å². The van der Waals surface area contributed by atoms with Gasteiger partial charge < -0.3 is 24.1 Å². The monoisotopic (exact) mass is 422 g/mol. The number of rotatable bonds is 7. The van der Waals surface area contributed by atoms with Crippen molar-refractivity contribution in [3.63, 3.8) is 0 Å². The first-order valence-corrected chi connectivity index (χ1v) is 10.4. The third kappa shape index (κ3) is 4.50. The van der Waals surface area contributed by atoms with Gasteiger partial charge in [-0.1, -0.05) is 18.2 Å². The summed E-state index contributed by atoms with van der Waals surface area (Å²) in [7, 11) is 2.95. The summed E-state index contributed by atoms with van der Waals surface area (Å²) in [5.74, 6) is 0.629. The number of nitrogens with one attached hydrogen (secondary N) is 1. The number of aromatic nitrogens is 1. The summed E-state index contributed by atoms with van der Waals surface area (Å²) >= 11 is 0. The van der Waals surface area contributed by atoms with E-state index < -0.39 is 5.97 Å². The number of nitrogens with zero attached hydrogens (tertiary/aromatic N) is 1. The second kappa shape index (κ2) is 9.12. The Balaban J connectivity index is 1.52. The lowest BCUT2D eigenvalue weighted by molar-refractivity contribution is -0.116. The van der Waals surface area contributed by atoms with Crippen LogP contribution in [-0.4, -0.2) is 36.8 Å². The first-order valence-electron chi connectivity index (χ1n) is 10.4. The van der Waals surface area contributed by atoms with E-state index in [9.17, 15) is 9.59 Å². The highest BCUT2D eigenvalue weighted by atomic mass is 16.5. The van der Waals surface area contributed by atoms with Crippen LogP contribution >= 0.6 is 0 Å². The lowest BCUT2D eigenvalue weighted by Gasteiger charge is -2.17. The molecular formula is C24H26N2O5. The molecule has 0 atom stereocenters. The number of anilines is 1. The number of hydrogen-bond acceptors (Lipinski definition) is 5. The van der Waals surface area contributed by atoms with Crippen LogP contribution in [-0.2, 0) is 16.1 Å². The van der Waals surface area contributed by atoms with Crippen LogP contribution in [0.4, 0.5) is 5.69 Å². The van der Waals surface area contributed by atoms with Crippen LogP contribution in [0.3, 0.4) is 0 Å². The van der Waals surface area contributed by atoms with E-state index in [0.717, 1.165) is 23.7 Å². The molecule has 31 heavy (non-hydrogen) atoms. The third-order valence-electron chi connectivity index (χ3n) is 5.55. The van der Waals surface area contributed by atoms with E-state index in [1.807, 2.05) is 24.3 Å². The molecule has 1 fully saturated rings. The van der Waals surface area contributed by atoms with Crippen LogP contribution < -0.4 is 14.8 Å². The summed E-state index contributed by atoms with van der Waals surface area (Å²) in [5, 5.41) is 3.66. The van der Waals surface area contributed by atoms with Crippen molar-refractivity contribution in [1.82, 2.24) is 4.57 Å². The van der Waals surface area contributed by atoms with E-state index in [1.54, 1.807) is 36.1 Å². The van der Waals surface area contributed by atoms with Crippen molar-refractivity contribution in [3.8, 4) is 11.5 Å². The van der Waals surface area contributed by atoms with Crippen LogP contribution in [0.25, 0.3) is 10.9 Å². The molecule has 4 rings (SSSR count). The minimum atomic E-state index is -0.431. The number of methoxy groups -OCH3 is 2. The molecule has 1 aliphatic carbocycles. The summed E-state index contributed by atoms with van der Waals surface area (Å²) in [6, 6.07) is 12.8. The minimum Gasteiger partial charge on any atom is -0.493 e. The second-order valence-corrected chi connectivity index (χ2v) is 7.62. The van der Waals surface area contributed by atoms with Gasteiger partial charge in [0.1, 0.15) is 6.54 Å². The first kappa shape index (κ1) is 20.8. The lowest BCUT2D eigenvalue weighted by atomic mass is 10.2. The standard InChI is InChI=1S/C24H26N2O5/c1-29-21-12-11-16(13-22(21)31-17-7-3-4-8-17)25-23(27)15-26-14-19(24(28)30-2)18-9-5-6-10-20(18)26/h5-6,9-14,17H,3-4,7-8,15H2,1-2H3,(H,25,27). The van der Waals surface area contributed by atoms with Gasteiger partial charge in [0.15, 0.2) is 11.5 Å². The zero-order chi connectivity index (χ0) is 21.8. The topological polar surface area (TPSA) is 78.8 Å². The molecule has 0 saturated heterocycles. The zero-order valence-electron chi connectivity index (χ0n) is 17.7. The molecule has 0 bridgehead atoms. The van der Waals surface area contributed by atoms with Gasteiger partial charge >= 0.3 is 5.97 Å². The van der Waals surface area contributed by atoms with Crippen molar-refractivity contribution in [1.29, 1.82) is 0 Å². The van der Waals surface area contributed by atoms with Gasteiger partial charge in [-0.15, -0.1) is 0 Å². The van der Waals surface area contributed by atoms with E-state index in [2.05, 4.69) is 5.32 Å². The van der Waals surface area contributed by atoms with Crippen molar-refractivity contribution in [3.05, 3.63) is 54.2 Å². The van der Waals surface area contributed by atoms with Crippen LogP contribution in [0, 0.1) is 0 Å². The summed E-state index contributed by atoms with van der Waals surface area (Å²) in [5.41, 5.74) is 1.85. The van der Waals surface area contributed by atoms with E-state index in [-0.39, 0.29) is 18.6 Å². The normalized spacial score (nSPS) is 13.9. The number of benzene rings is 2. The molecule has 3 aromatic rings. The quantitative estimate of drug-likeness (QED) is 0.571. The molecule has 1 aliphatic rings. The van der Waals surface area contributed by atoms with E-state index in [4.69, 9.17) is 14.2 Å². The zero-order valence-corrected chi connectivity index (χ0v) is 17.7. The molecule has 7 nitrogen and oxygen atoms in total. The van der Waals surface area contributed by atoms with Crippen molar-refractivity contribution in [2.24, 2.45) is 0 Å². The number of ether oxygens (including phenoxy) is 3. The fourth-order valence-corrected chi connectivity index (χ4v) is 4.04. The van der Waals surface area contributed by atoms with Gasteiger partial charge in [-0.3, -0.25) is 4.79 Å². The molecule has 0 radical (unpaired) electrons. The number of fused-ring (bicyclic) bond motifs is 1. The fraction of sp³-hybridized carbons (Fsp3) is 0.333. The predicted octanol–water partition coefficient (Wildman–Crippen LogP) is 4.40. The van der Waals surface area contributed by atoms with Crippen LogP contribution in [0.2, 0.25) is 0 Å². The van der Waals surface area contributed by atoms with Crippen molar-refractivity contribution in [2.45, 2.75) is 38.3 Å². The molecule has 1 amide bonds. The molecule has 1 saturated carbocycles. The molecule has 162 valence electrons. The van der Waals surface area contributed by atoms with E-state index >= 15 is 0 Å². The number of amides is 1. The van der Waals surface area contributed by atoms with Gasteiger partial charge in [0.25, 0.3) is 0 Å². The van der Waals surface area contributed by atoms with Gasteiger partial charge in [-0.2, -0.15) is 0 Å². The first-order chi connectivity index (χ1) is 15.1. The largest absolute Gasteiger partial charge is 0.493 e. The summed E-state index contributed by atoms with van der Waals surface area (Å²) in [6.07, 6.45) is 6.23. The molecule has 2 aromatic carbocycles. The molecule has 1 aromatic heterocycles. The maximum absolute atomic E-state index is 12.8. The highest BCUT2D eigenvalue weighted by molar-refractivity contribution is 6.05. The number of para-hydroxylation sites is 1. The molecule has 0 aliphatic heterocycles. The maximum Gasteiger partial charge on any atom is 0.340 e. The molecular weight excluding hydrogens is 396 g/mol. The van der Waals surface area contributed by atoms with Gasteiger partial charge in [0.2, 0.25) is 5.91 Å². The van der Waals surface area contributed by atoms with Crippen molar-refractivity contribution in [2.75, 3.05) is 19.5 Å². The molecule has 1 heterocycles. The Hall–Kier alpha value is -3.48. The number of carbonyl (C=O) groups is 2. The number of hydrogen-bond donors (Lipinski definition) is 1. The van der Waals surface area contributed by atoms with Crippen molar-refractivity contribution < 1.29 is 23.8 Å². The highest BCUT2D eigenvalue weighted by Crippen LogP contribution is 2.34. The van der Waals surface area contributed by atoms with Crippen LogP contribution in [0.5, 0.6) is 11.5 Å². The minimum absolute atomic E-state index is 0.0579. The third-order valence-corrected chi connectivity index (χ3v) is 5.55. The SMILES string of the molecule is COC(=O)c1cn(CC(=O)Nc2ccc(OC)c(OC3CCCC3)c2)c2ccccc12. The Morgan fingerprint density at radius 1 is 1.06 bits per heavy atom. The average Bonchev–Trinajstić information content (AvgIpc) is 3.42. The molecule has 0 spiro atoms. The Labute approximate surface area is 180 Å². The predicted molar refractivity (Wildman–Crippen MR) is 118 cm³/mol. The molecule has 1 N–H and O–H groups in total. The Morgan fingerprint density at radius 3 is 2.58 bits per heavy atom. The maximum atomic E-state index is 12.8. The van der Waals surface area contributed by atoms with Crippen LogP contribution in [0.1, 0.15) is 36.0 Å². The number of carbonyl (C=O) groups excluding carboxylic acids is 2. The Morgan fingerprint density at radius 2 is 1.84 bits per heavy atom.